The fraction of sp³-hybridized carbons (Fsp3) is 0.100. The van der Waals surface area contributed by atoms with Crippen molar-refractivity contribution in [3.8, 4) is 20.9 Å². The molecule has 0 radical (unpaired) electrons. The molecule has 0 saturated heterocycles. The van der Waals surface area contributed by atoms with Crippen molar-refractivity contribution in [3.05, 3.63) is 59.7 Å². The summed E-state index contributed by atoms with van der Waals surface area (Å²) < 4.78 is 0. The van der Waals surface area contributed by atoms with Gasteiger partial charge >= 0.3 is 0 Å². The first kappa shape index (κ1) is 20.6. The van der Waals surface area contributed by atoms with E-state index in [1.54, 1.807) is 12.1 Å². The van der Waals surface area contributed by atoms with E-state index in [-0.39, 0.29) is 23.1 Å². The number of rotatable bonds is 6. The largest absolute Gasteiger partial charge is 0.293 e. The molecule has 7 heteroatoms. The highest BCUT2D eigenvalue weighted by molar-refractivity contribution is 7.81. The third kappa shape index (κ3) is 4.49. The second kappa shape index (κ2) is 8.92. The van der Waals surface area contributed by atoms with Crippen molar-refractivity contribution >= 4 is 73.4 Å². The van der Waals surface area contributed by atoms with Crippen LogP contribution in [0.1, 0.15) is 20.7 Å². The minimum absolute atomic E-state index is 0.0513. The molecule has 0 fully saturated rings. The predicted molar refractivity (Wildman–Crippen MR) is 126 cm³/mol. The molecule has 0 aliphatic rings. The first-order valence-electron chi connectivity index (χ1n) is 7.99. The van der Waals surface area contributed by atoms with E-state index in [4.69, 9.17) is 0 Å². The van der Waals surface area contributed by atoms with Crippen LogP contribution in [0.3, 0.4) is 0 Å². The summed E-state index contributed by atoms with van der Waals surface area (Å²) in [5.74, 6) is 0.160. The number of hydrogen-bond acceptors (Lipinski definition) is 7. The monoisotopic (exact) mass is 448 g/mol. The van der Waals surface area contributed by atoms with Gasteiger partial charge in [-0.25, -0.2) is 0 Å². The standard InChI is InChI=1S/C20H16O2S5/c21-17(9-23)15-7-11(25)1-3-13(15)19-5-6-20(27-19)14-4-2-12(26)8-16(14)18(22)10-24/h1-8,23-26H,9-10H2. The van der Waals surface area contributed by atoms with E-state index in [1.807, 2.05) is 36.4 Å². The molecule has 0 amide bonds. The van der Waals surface area contributed by atoms with Gasteiger partial charge in [-0.2, -0.15) is 25.3 Å². The SMILES string of the molecule is O=C(CS)c1cc(S)ccc1-c1ccc(-c2ccc(S)cc2C(=O)CS)s1. The first-order valence-corrected chi connectivity index (χ1v) is 11.0. The average Bonchev–Trinajstić information content (AvgIpc) is 3.16. The summed E-state index contributed by atoms with van der Waals surface area (Å²) in [6.45, 7) is 0. The molecule has 0 N–H and O–H groups in total. The van der Waals surface area contributed by atoms with Crippen LogP contribution < -0.4 is 0 Å². The second-order valence-electron chi connectivity index (χ2n) is 5.79. The van der Waals surface area contributed by atoms with Crippen molar-refractivity contribution < 1.29 is 9.59 Å². The highest BCUT2D eigenvalue weighted by Crippen LogP contribution is 2.38. The molecule has 2 nitrogen and oxygen atoms in total. The molecule has 2 aromatic carbocycles. The minimum atomic E-state index is -0.0513. The van der Waals surface area contributed by atoms with Crippen molar-refractivity contribution in [3.63, 3.8) is 0 Å². The van der Waals surface area contributed by atoms with Crippen LogP contribution in [0.5, 0.6) is 0 Å². The molecule has 0 unspecified atom stereocenters. The number of ketones is 2. The number of Topliss-reactive ketones (excluding diaryl/α,β-unsaturated/α-hetero) is 2. The number of carbonyl (C=O) groups excluding carboxylic acids is 2. The van der Waals surface area contributed by atoms with E-state index in [0.717, 1.165) is 30.7 Å². The lowest BCUT2D eigenvalue weighted by Crippen LogP contribution is -2.02. The Morgan fingerprint density at radius 2 is 1.11 bits per heavy atom. The number of carbonyl (C=O) groups is 2. The minimum Gasteiger partial charge on any atom is -0.293 e. The van der Waals surface area contributed by atoms with Gasteiger partial charge in [0.1, 0.15) is 0 Å². The molecular formula is C20H16O2S5. The van der Waals surface area contributed by atoms with Crippen molar-refractivity contribution in [1.29, 1.82) is 0 Å². The van der Waals surface area contributed by atoms with E-state index >= 15 is 0 Å². The normalized spacial score (nSPS) is 10.8. The second-order valence-corrected chi connectivity index (χ2v) is 8.54. The molecule has 138 valence electrons. The van der Waals surface area contributed by atoms with E-state index in [2.05, 4.69) is 50.5 Å². The highest BCUT2D eigenvalue weighted by Gasteiger charge is 2.17. The molecule has 0 bridgehead atoms. The molecule has 3 aromatic rings. The lowest BCUT2D eigenvalue weighted by molar-refractivity contribution is 0.101. The summed E-state index contributed by atoms with van der Waals surface area (Å²) in [5.41, 5.74) is 2.89. The third-order valence-electron chi connectivity index (χ3n) is 4.03. The fourth-order valence-electron chi connectivity index (χ4n) is 2.75. The van der Waals surface area contributed by atoms with Gasteiger partial charge in [-0.3, -0.25) is 9.59 Å². The zero-order valence-electron chi connectivity index (χ0n) is 14.0. The van der Waals surface area contributed by atoms with Gasteiger partial charge in [0.15, 0.2) is 11.6 Å². The van der Waals surface area contributed by atoms with Crippen LogP contribution in [0.4, 0.5) is 0 Å². The number of thiol groups is 4. The molecule has 1 aromatic heterocycles. The van der Waals surface area contributed by atoms with E-state index in [9.17, 15) is 9.59 Å². The first-order chi connectivity index (χ1) is 12.9. The van der Waals surface area contributed by atoms with E-state index in [0.29, 0.717) is 11.1 Å². The Labute approximate surface area is 184 Å². The van der Waals surface area contributed by atoms with Gasteiger partial charge < -0.3 is 0 Å². The summed E-state index contributed by atoms with van der Waals surface area (Å²) in [5, 5.41) is 0. The van der Waals surface area contributed by atoms with Crippen LogP contribution in [-0.4, -0.2) is 23.1 Å². The zero-order valence-corrected chi connectivity index (χ0v) is 18.4. The van der Waals surface area contributed by atoms with Crippen LogP contribution in [0.2, 0.25) is 0 Å². The smallest absolute Gasteiger partial charge is 0.173 e. The maximum atomic E-state index is 12.3. The van der Waals surface area contributed by atoms with Gasteiger partial charge in [0.2, 0.25) is 0 Å². The Kier molecular flexibility index (Phi) is 6.81. The van der Waals surface area contributed by atoms with Gasteiger partial charge in [-0.15, -0.1) is 36.6 Å². The summed E-state index contributed by atoms with van der Waals surface area (Å²) in [4.78, 5) is 27.9. The quantitative estimate of drug-likeness (QED) is 0.280. The van der Waals surface area contributed by atoms with Gasteiger partial charge in [0.25, 0.3) is 0 Å². The molecule has 3 rings (SSSR count). The summed E-state index contributed by atoms with van der Waals surface area (Å²) in [7, 11) is 0. The molecule has 0 aliphatic carbocycles. The molecular weight excluding hydrogens is 433 g/mol. The number of thiophene rings is 1. The van der Waals surface area contributed by atoms with Crippen LogP contribution in [0.15, 0.2) is 58.3 Å². The molecule has 1 heterocycles. The Bertz CT molecular complexity index is 943. The lowest BCUT2D eigenvalue weighted by atomic mass is 10.0. The van der Waals surface area contributed by atoms with Crippen molar-refractivity contribution in [2.24, 2.45) is 0 Å². The average molecular weight is 449 g/mol. The maximum Gasteiger partial charge on any atom is 0.173 e. The van der Waals surface area contributed by atoms with Crippen molar-refractivity contribution in [2.45, 2.75) is 9.79 Å². The molecule has 0 saturated carbocycles. The molecule has 0 atom stereocenters. The topological polar surface area (TPSA) is 34.1 Å². The number of benzene rings is 2. The maximum absolute atomic E-state index is 12.3. The summed E-state index contributed by atoms with van der Waals surface area (Å²) >= 11 is 18.4. The zero-order chi connectivity index (χ0) is 19.6. The third-order valence-corrected chi connectivity index (χ3v) is 6.31. The Hall–Kier alpha value is -1.12. The lowest BCUT2D eigenvalue weighted by Gasteiger charge is -2.08. The van der Waals surface area contributed by atoms with Crippen LogP contribution in [0.25, 0.3) is 20.9 Å². The Morgan fingerprint density at radius 3 is 1.48 bits per heavy atom. The van der Waals surface area contributed by atoms with Crippen LogP contribution in [-0.2, 0) is 0 Å². The number of hydrogen-bond donors (Lipinski definition) is 4. The highest BCUT2D eigenvalue weighted by atomic mass is 32.1. The van der Waals surface area contributed by atoms with Crippen LogP contribution >= 0.6 is 61.9 Å². The molecule has 27 heavy (non-hydrogen) atoms. The molecule has 0 spiro atoms. The van der Waals surface area contributed by atoms with E-state index < -0.39 is 0 Å². The van der Waals surface area contributed by atoms with Crippen molar-refractivity contribution in [2.75, 3.05) is 11.5 Å². The van der Waals surface area contributed by atoms with Crippen molar-refractivity contribution in [1.82, 2.24) is 0 Å². The Balaban J connectivity index is 2.10. The van der Waals surface area contributed by atoms with Gasteiger partial charge in [-0.1, -0.05) is 12.1 Å². The van der Waals surface area contributed by atoms with Gasteiger partial charge in [0, 0.05) is 41.8 Å². The van der Waals surface area contributed by atoms with Gasteiger partial charge in [0.05, 0.1) is 11.5 Å². The summed E-state index contributed by atoms with van der Waals surface area (Å²) in [6.07, 6.45) is 0. The van der Waals surface area contributed by atoms with Crippen LogP contribution in [0, 0.1) is 0 Å². The fourth-order valence-corrected chi connectivity index (χ4v) is 4.59. The predicted octanol–water partition coefficient (Wildman–Crippen LogP) is 5.88. The van der Waals surface area contributed by atoms with E-state index in [1.165, 1.54) is 11.3 Å². The Morgan fingerprint density at radius 1 is 0.704 bits per heavy atom. The molecule has 0 aliphatic heterocycles. The van der Waals surface area contributed by atoms with Gasteiger partial charge in [-0.05, 0) is 36.4 Å². The summed E-state index contributed by atoms with van der Waals surface area (Å²) in [6, 6.07) is 15.0.